The van der Waals surface area contributed by atoms with E-state index in [1.54, 1.807) is 20.0 Å². The minimum absolute atomic E-state index is 0.0502. The molecule has 14 nitrogen and oxygen atoms in total. The van der Waals surface area contributed by atoms with E-state index in [0.29, 0.717) is 5.69 Å². The summed E-state index contributed by atoms with van der Waals surface area (Å²) in [7, 11) is 0. The molecular weight excluding hydrogens is 532 g/mol. The number of aliphatic carboxylic acids is 1. The molecule has 0 bridgehead atoms. The summed E-state index contributed by atoms with van der Waals surface area (Å²) in [6, 6.07) is 2.88. The van der Waals surface area contributed by atoms with Crippen LogP contribution in [0.5, 0.6) is 0 Å². The van der Waals surface area contributed by atoms with Crippen molar-refractivity contribution in [2.24, 2.45) is 17.4 Å². The van der Waals surface area contributed by atoms with Crippen LogP contribution in [0.4, 0.5) is 0 Å². The van der Waals surface area contributed by atoms with Crippen molar-refractivity contribution in [3.8, 4) is 0 Å². The quantitative estimate of drug-likeness (QED) is 0.118. The first-order chi connectivity index (χ1) is 19.5. The number of amides is 4. The zero-order valence-electron chi connectivity index (χ0n) is 22.8. The number of hydrogen-bond donors (Lipinski definition) is 8. The molecule has 2 heterocycles. The number of para-hydroxylation sites is 1. The van der Waals surface area contributed by atoms with Crippen LogP contribution >= 0.6 is 0 Å². The number of aromatic nitrogens is 3. The maximum absolute atomic E-state index is 13.3. The second-order valence-electron chi connectivity index (χ2n) is 10.1. The number of fused-ring (bicyclic) bond motifs is 1. The van der Waals surface area contributed by atoms with E-state index >= 15 is 0 Å². The topological polar surface area (TPSA) is 238 Å². The highest BCUT2D eigenvalue weighted by atomic mass is 16.4. The number of rotatable bonds is 15. The third-order valence-electron chi connectivity index (χ3n) is 6.60. The molecular formula is C27H36N8O6. The third kappa shape index (κ3) is 8.63. The van der Waals surface area contributed by atoms with E-state index in [0.717, 1.165) is 16.5 Å². The van der Waals surface area contributed by atoms with Crippen LogP contribution in [0.1, 0.15) is 37.9 Å². The van der Waals surface area contributed by atoms with Gasteiger partial charge in [0.2, 0.25) is 23.6 Å². The van der Waals surface area contributed by atoms with Gasteiger partial charge in [-0.05, 0) is 30.4 Å². The average molecular weight is 569 g/mol. The van der Waals surface area contributed by atoms with Crippen molar-refractivity contribution < 1.29 is 29.1 Å². The number of H-pyrrole nitrogens is 2. The molecule has 0 aliphatic rings. The summed E-state index contributed by atoms with van der Waals surface area (Å²) in [5, 5.41) is 18.1. The van der Waals surface area contributed by atoms with Crippen LogP contribution < -0.4 is 27.4 Å². The lowest BCUT2D eigenvalue weighted by atomic mass is 10.0. The molecule has 0 aliphatic heterocycles. The predicted octanol–water partition coefficient (Wildman–Crippen LogP) is -0.536. The lowest BCUT2D eigenvalue weighted by Crippen LogP contribution is -2.58. The van der Waals surface area contributed by atoms with Gasteiger partial charge in [0.1, 0.15) is 18.1 Å². The number of nitrogens with two attached hydrogens (primary N) is 2. The van der Waals surface area contributed by atoms with Crippen molar-refractivity contribution >= 4 is 40.5 Å². The number of carboxylic acid groups (broad SMARTS) is 1. The van der Waals surface area contributed by atoms with E-state index in [-0.39, 0.29) is 25.7 Å². The van der Waals surface area contributed by atoms with E-state index in [2.05, 4.69) is 30.9 Å². The Morgan fingerprint density at radius 3 is 2.29 bits per heavy atom. The summed E-state index contributed by atoms with van der Waals surface area (Å²) in [5.74, 6) is -4.49. The van der Waals surface area contributed by atoms with Gasteiger partial charge in [0.15, 0.2) is 0 Å². The Morgan fingerprint density at radius 2 is 1.66 bits per heavy atom. The average Bonchev–Trinajstić information content (AvgIpc) is 3.58. The Hall–Kier alpha value is -4.72. The standard InChI is InChI=1S/C27H36N8O6/c1-14(2)23(26(39)34-21(27(40)41)10-16-12-30-13-32-16)35-25(38)20(7-8-22(29)36)33-24(37)18(28)9-15-11-31-19-6-4-3-5-17(15)19/h3-6,11-14,18,20-21,23,31H,7-10,28H2,1-2H3,(H2,29,36)(H,30,32)(H,33,37)(H,34,39)(H,35,38)(H,40,41). The summed E-state index contributed by atoms with van der Waals surface area (Å²) in [5.41, 5.74) is 13.6. The number of nitrogens with one attached hydrogen (secondary N) is 5. The molecule has 4 unspecified atom stereocenters. The van der Waals surface area contributed by atoms with Gasteiger partial charge >= 0.3 is 5.97 Å². The number of carboxylic acids is 1. The molecule has 10 N–H and O–H groups in total. The molecule has 220 valence electrons. The van der Waals surface area contributed by atoms with Crippen molar-refractivity contribution in [2.75, 3.05) is 0 Å². The molecule has 0 aliphatic carbocycles. The molecule has 41 heavy (non-hydrogen) atoms. The van der Waals surface area contributed by atoms with Gasteiger partial charge in [0.25, 0.3) is 0 Å². The Morgan fingerprint density at radius 1 is 0.951 bits per heavy atom. The number of primary amides is 1. The maximum Gasteiger partial charge on any atom is 0.326 e. The third-order valence-corrected chi connectivity index (χ3v) is 6.60. The molecule has 3 aromatic rings. The highest BCUT2D eigenvalue weighted by Crippen LogP contribution is 2.19. The molecule has 0 fully saturated rings. The van der Waals surface area contributed by atoms with Gasteiger partial charge in [-0.1, -0.05) is 32.0 Å². The van der Waals surface area contributed by atoms with Crippen LogP contribution in [0.2, 0.25) is 0 Å². The van der Waals surface area contributed by atoms with Crippen molar-refractivity contribution in [1.29, 1.82) is 0 Å². The Bertz CT molecular complexity index is 1370. The van der Waals surface area contributed by atoms with E-state index in [9.17, 15) is 29.1 Å². The first kappa shape index (κ1) is 30.8. The van der Waals surface area contributed by atoms with Gasteiger partial charge in [-0.3, -0.25) is 19.2 Å². The molecule has 0 radical (unpaired) electrons. The largest absolute Gasteiger partial charge is 0.480 e. The zero-order valence-corrected chi connectivity index (χ0v) is 22.8. The molecule has 0 spiro atoms. The Balaban J connectivity index is 1.69. The van der Waals surface area contributed by atoms with Crippen LogP contribution in [-0.2, 0) is 36.8 Å². The Labute approximate surface area is 236 Å². The van der Waals surface area contributed by atoms with Crippen LogP contribution in [0, 0.1) is 5.92 Å². The van der Waals surface area contributed by atoms with Gasteiger partial charge in [-0.25, -0.2) is 9.78 Å². The van der Waals surface area contributed by atoms with E-state index in [4.69, 9.17) is 11.5 Å². The number of imidazole rings is 1. The summed E-state index contributed by atoms with van der Waals surface area (Å²) in [6.45, 7) is 3.34. The van der Waals surface area contributed by atoms with Crippen LogP contribution in [0.25, 0.3) is 10.9 Å². The Kier molecular flexibility index (Phi) is 10.6. The van der Waals surface area contributed by atoms with Gasteiger partial charge in [-0.2, -0.15) is 0 Å². The molecule has 4 atom stereocenters. The lowest BCUT2D eigenvalue weighted by Gasteiger charge is -2.27. The van der Waals surface area contributed by atoms with Crippen LogP contribution in [0.15, 0.2) is 43.0 Å². The summed E-state index contributed by atoms with van der Waals surface area (Å²) >= 11 is 0. The van der Waals surface area contributed by atoms with Crippen molar-refractivity contribution in [3.05, 3.63) is 54.2 Å². The number of nitrogens with zero attached hydrogens (tertiary/aromatic N) is 1. The molecule has 0 saturated heterocycles. The van der Waals surface area contributed by atoms with Crippen molar-refractivity contribution in [3.63, 3.8) is 0 Å². The second kappa shape index (κ2) is 14.1. The fourth-order valence-corrected chi connectivity index (χ4v) is 4.33. The maximum atomic E-state index is 13.3. The van der Waals surface area contributed by atoms with Gasteiger partial charge < -0.3 is 42.5 Å². The van der Waals surface area contributed by atoms with Crippen molar-refractivity contribution in [1.82, 2.24) is 30.9 Å². The number of carbonyl (C=O) groups is 5. The number of benzene rings is 1. The number of carbonyl (C=O) groups excluding carboxylic acids is 4. The summed E-state index contributed by atoms with van der Waals surface area (Å²) < 4.78 is 0. The van der Waals surface area contributed by atoms with E-state index in [1.807, 2.05) is 24.3 Å². The number of hydrogen-bond acceptors (Lipinski definition) is 7. The number of aromatic amines is 2. The molecule has 0 saturated carbocycles. The molecule has 1 aromatic carbocycles. The first-order valence-electron chi connectivity index (χ1n) is 13.2. The monoisotopic (exact) mass is 568 g/mol. The van der Waals surface area contributed by atoms with Gasteiger partial charge in [0.05, 0.1) is 12.4 Å². The van der Waals surface area contributed by atoms with E-state index in [1.165, 1.54) is 12.5 Å². The summed E-state index contributed by atoms with van der Waals surface area (Å²) in [4.78, 5) is 72.3. The zero-order chi connectivity index (χ0) is 30.1. The van der Waals surface area contributed by atoms with Crippen LogP contribution in [0.3, 0.4) is 0 Å². The highest BCUT2D eigenvalue weighted by molar-refractivity contribution is 5.95. The normalized spacial score (nSPS) is 14.1. The molecule has 4 amide bonds. The summed E-state index contributed by atoms with van der Waals surface area (Å²) in [6.07, 6.45) is 4.39. The first-order valence-corrected chi connectivity index (χ1v) is 13.2. The van der Waals surface area contributed by atoms with Gasteiger partial charge in [-0.15, -0.1) is 0 Å². The predicted molar refractivity (Wildman–Crippen MR) is 149 cm³/mol. The molecule has 2 aromatic heterocycles. The fourth-order valence-electron chi connectivity index (χ4n) is 4.33. The minimum atomic E-state index is -1.28. The van der Waals surface area contributed by atoms with Crippen molar-refractivity contribution in [2.45, 2.75) is 63.7 Å². The van der Waals surface area contributed by atoms with E-state index < -0.39 is 59.7 Å². The minimum Gasteiger partial charge on any atom is -0.480 e. The van der Waals surface area contributed by atoms with Crippen LogP contribution in [-0.4, -0.2) is 73.8 Å². The molecule has 14 heteroatoms. The lowest BCUT2D eigenvalue weighted by molar-refractivity contribution is -0.142. The smallest absolute Gasteiger partial charge is 0.326 e. The fraction of sp³-hybridized carbons (Fsp3) is 0.407. The molecule has 3 rings (SSSR count). The van der Waals surface area contributed by atoms with Gasteiger partial charge in [0, 0.05) is 41.8 Å². The SMILES string of the molecule is CC(C)C(NC(=O)C(CCC(N)=O)NC(=O)C(N)Cc1c[nH]c2ccccc12)C(=O)NC(Cc1cnc[nH]1)C(=O)O. The second-order valence-corrected chi connectivity index (χ2v) is 10.1. The highest BCUT2D eigenvalue weighted by Gasteiger charge is 2.32.